The first kappa shape index (κ1) is 11.2. The van der Waals surface area contributed by atoms with E-state index in [9.17, 15) is 0 Å². The Labute approximate surface area is 74.9 Å². The summed E-state index contributed by atoms with van der Waals surface area (Å²) in [5.74, 6) is 1.42. The summed E-state index contributed by atoms with van der Waals surface area (Å²) in [6.07, 6.45) is 1.53. The first-order valence-electron chi connectivity index (χ1n) is 4.07. The van der Waals surface area contributed by atoms with Crippen LogP contribution in [0.15, 0.2) is 0 Å². The quantitative estimate of drug-likeness (QED) is 0.696. The summed E-state index contributed by atoms with van der Waals surface area (Å²) in [6, 6.07) is 0. The van der Waals surface area contributed by atoms with Gasteiger partial charge in [0.25, 0.3) is 0 Å². The molecule has 2 N–H and O–H groups in total. The SMILES string of the molecule is CC(C)[C@@H]1CCO[C@@H]1CN.Cl. The molecule has 0 aromatic rings. The Bertz CT molecular complexity index is 108. The zero-order chi connectivity index (χ0) is 7.56. The number of hydrogen-bond donors (Lipinski definition) is 1. The van der Waals surface area contributed by atoms with Gasteiger partial charge in [0.15, 0.2) is 0 Å². The molecule has 68 valence electrons. The first-order valence-corrected chi connectivity index (χ1v) is 4.07. The third-order valence-corrected chi connectivity index (χ3v) is 2.35. The van der Waals surface area contributed by atoms with Crippen molar-refractivity contribution in [2.24, 2.45) is 17.6 Å². The van der Waals surface area contributed by atoms with E-state index in [0.29, 0.717) is 18.6 Å². The Hall–Kier alpha value is 0.210. The van der Waals surface area contributed by atoms with Crippen LogP contribution in [0.2, 0.25) is 0 Å². The van der Waals surface area contributed by atoms with Crippen molar-refractivity contribution in [1.29, 1.82) is 0 Å². The van der Waals surface area contributed by atoms with Gasteiger partial charge < -0.3 is 10.5 Å². The second-order valence-electron chi connectivity index (χ2n) is 3.34. The summed E-state index contributed by atoms with van der Waals surface area (Å²) in [5.41, 5.74) is 5.54. The summed E-state index contributed by atoms with van der Waals surface area (Å²) >= 11 is 0. The third kappa shape index (κ3) is 2.62. The Kier molecular flexibility index (Phi) is 5.06. The molecule has 0 aromatic heterocycles. The maximum Gasteiger partial charge on any atom is 0.0728 e. The second-order valence-corrected chi connectivity index (χ2v) is 3.34. The van der Waals surface area contributed by atoms with Crippen molar-refractivity contribution < 1.29 is 4.74 Å². The van der Waals surface area contributed by atoms with Crippen LogP contribution < -0.4 is 5.73 Å². The zero-order valence-corrected chi connectivity index (χ0v) is 8.06. The van der Waals surface area contributed by atoms with Crippen LogP contribution in [-0.2, 0) is 4.74 Å². The number of rotatable bonds is 2. The fourth-order valence-electron chi connectivity index (χ4n) is 1.67. The number of nitrogens with two attached hydrogens (primary N) is 1. The molecule has 0 aromatic carbocycles. The fourth-order valence-corrected chi connectivity index (χ4v) is 1.67. The summed E-state index contributed by atoms with van der Waals surface area (Å²) < 4.78 is 5.45. The van der Waals surface area contributed by atoms with Gasteiger partial charge in [0.05, 0.1) is 6.10 Å². The lowest BCUT2D eigenvalue weighted by molar-refractivity contribution is 0.0863. The van der Waals surface area contributed by atoms with Crippen LogP contribution in [-0.4, -0.2) is 19.3 Å². The van der Waals surface area contributed by atoms with Crippen LogP contribution in [0.5, 0.6) is 0 Å². The molecule has 11 heavy (non-hydrogen) atoms. The minimum atomic E-state index is 0. The van der Waals surface area contributed by atoms with Gasteiger partial charge in [0, 0.05) is 13.2 Å². The van der Waals surface area contributed by atoms with Gasteiger partial charge in [-0.05, 0) is 18.3 Å². The van der Waals surface area contributed by atoms with E-state index in [4.69, 9.17) is 10.5 Å². The van der Waals surface area contributed by atoms with Crippen molar-refractivity contribution in [3.05, 3.63) is 0 Å². The lowest BCUT2D eigenvalue weighted by Crippen LogP contribution is -2.28. The standard InChI is InChI=1S/C8H17NO.ClH/c1-6(2)7-3-4-10-8(7)5-9;/h6-8H,3-5,9H2,1-2H3;1H/t7-,8+;/m0./s1. The van der Waals surface area contributed by atoms with E-state index in [-0.39, 0.29) is 12.4 Å². The van der Waals surface area contributed by atoms with Crippen molar-refractivity contribution in [2.45, 2.75) is 26.4 Å². The molecule has 0 unspecified atom stereocenters. The van der Waals surface area contributed by atoms with E-state index >= 15 is 0 Å². The van der Waals surface area contributed by atoms with Crippen LogP contribution in [0, 0.1) is 11.8 Å². The van der Waals surface area contributed by atoms with Crippen molar-refractivity contribution in [2.75, 3.05) is 13.2 Å². The van der Waals surface area contributed by atoms with Crippen LogP contribution in [0.3, 0.4) is 0 Å². The highest BCUT2D eigenvalue weighted by Crippen LogP contribution is 2.26. The summed E-state index contributed by atoms with van der Waals surface area (Å²) in [4.78, 5) is 0. The van der Waals surface area contributed by atoms with E-state index in [0.717, 1.165) is 12.5 Å². The summed E-state index contributed by atoms with van der Waals surface area (Å²) in [6.45, 7) is 6.07. The lowest BCUT2D eigenvalue weighted by Gasteiger charge is -2.19. The molecule has 1 aliphatic rings. The molecule has 0 saturated carbocycles. The molecular weight excluding hydrogens is 162 g/mol. The van der Waals surface area contributed by atoms with Gasteiger partial charge in [-0.25, -0.2) is 0 Å². The van der Waals surface area contributed by atoms with Crippen LogP contribution in [0.4, 0.5) is 0 Å². The monoisotopic (exact) mass is 179 g/mol. The Morgan fingerprint density at radius 3 is 2.55 bits per heavy atom. The van der Waals surface area contributed by atoms with Crippen molar-refractivity contribution >= 4 is 12.4 Å². The average Bonchev–Trinajstić information content (AvgIpc) is 2.33. The zero-order valence-electron chi connectivity index (χ0n) is 7.25. The minimum Gasteiger partial charge on any atom is -0.377 e. The Morgan fingerprint density at radius 1 is 1.55 bits per heavy atom. The molecule has 1 aliphatic heterocycles. The molecule has 0 radical (unpaired) electrons. The van der Waals surface area contributed by atoms with E-state index in [1.165, 1.54) is 6.42 Å². The summed E-state index contributed by atoms with van der Waals surface area (Å²) in [7, 11) is 0. The topological polar surface area (TPSA) is 35.2 Å². The lowest BCUT2D eigenvalue weighted by atomic mass is 9.90. The van der Waals surface area contributed by atoms with Crippen molar-refractivity contribution in [3.63, 3.8) is 0 Å². The van der Waals surface area contributed by atoms with Gasteiger partial charge >= 0.3 is 0 Å². The normalized spacial score (nSPS) is 30.5. The van der Waals surface area contributed by atoms with Crippen LogP contribution >= 0.6 is 12.4 Å². The summed E-state index contributed by atoms with van der Waals surface area (Å²) in [5, 5.41) is 0. The molecule has 2 atom stereocenters. The highest BCUT2D eigenvalue weighted by Gasteiger charge is 2.28. The molecule has 0 aliphatic carbocycles. The molecule has 3 heteroatoms. The molecule has 0 spiro atoms. The molecule has 0 bridgehead atoms. The smallest absolute Gasteiger partial charge is 0.0728 e. The number of halogens is 1. The van der Waals surface area contributed by atoms with Gasteiger partial charge in [0.1, 0.15) is 0 Å². The second kappa shape index (κ2) is 4.96. The van der Waals surface area contributed by atoms with Gasteiger partial charge in [0.2, 0.25) is 0 Å². The van der Waals surface area contributed by atoms with Gasteiger partial charge in [-0.1, -0.05) is 13.8 Å². The Balaban J connectivity index is 0.000001000. The number of ether oxygens (including phenoxy) is 1. The molecule has 1 saturated heterocycles. The molecule has 0 amide bonds. The van der Waals surface area contributed by atoms with E-state index in [2.05, 4.69) is 13.8 Å². The molecule has 1 rings (SSSR count). The van der Waals surface area contributed by atoms with Crippen LogP contribution in [0.1, 0.15) is 20.3 Å². The van der Waals surface area contributed by atoms with Crippen molar-refractivity contribution in [3.8, 4) is 0 Å². The first-order chi connectivity index (χ1) is 4.75. The van der Waals surface area contributed by atoms with Crippen LogP contribution in [0.25, 0.3) is 0 Å². The Morgan fingerprint density at radius 2 is 2.18 bits per heavy atom. The van der Waals surface area contributed by atoms with Crippen molar-refractivity contribution in [1.82, 2.24) is 0 Å². The van der Waals surface area contributed by atoms with E-state index in [1.54, 1.807) is 0 Å². The molecular formula is C8H18ClNO. The van der Waals surface area contributed by atoms with E-state index in [1.807, 2.05) is 0 Å². The number of hydrogen-bond acceptors (Lipinski definition) is 2. The molecule has 1 fully saturated rings. The predicted molar refractivity (Wildman–Crippen MR) is 49.0 cm³/mol. The largest absolute Gasteiger partial charge is 0.377 e. The highest BCUT2D eigenvalue weighted by atomic mass is 35.5. The minimum absolute atomic E-state index is 0. The van der Waals surface area contributed by atoms with Gasteiger partial charge in [-0.3, -0.25) is 0 Å². The van der Waals surface area contributed by atoms with Gasteiger partial charge in [-0.2, -0.15) is 0 Å². The fraction of sp³-hybridized carbons (Fsp3) is 1.00. The third-order valence-electron chi connectivity index (χ3n) is 2.35. The van der Waals surface area contributed by atoms with Gasteiger partial charge in [-0.15, -0.1) is 12.4 Å². The highest BCUT2D eigenvalue weighted by molar-refractivity contribution is 5.85. The average molecular weight is 180 g/mol. The molecule has 2 nitrogen and oxygen atoms in total. The maximum atomic E-state index is 5.54. The molecule has 1 heterocycles. The predicted octanol–water partition coefficient (Wildman–Crippen LogP) is 1.43. The maximum absolute atomic E-state index is 5.54. The van der Waals surface area contributed by atoms with E-state index < -0.39 is 0 Å².